The Morgan fingerprint density at radius 2 is 1.79 bits per heavy atom. The number of nitrogen functional groups attached to an aromatic ring is 1. The Bertz CT molecular complexity index is 1310. The molecule has 0 aliphatic heterocycles. The average molecular weight is 469 g/mol. The van der Waals surface area contributed by atoms with Crippen LogP contribution in [0.5, 0.6) is 11.5 Å². The fourth-order valence-electron chi connectivity index (χ4n) is 3.80. The second-order valence-corrected chi connectivity index (χ2v) is 7.76. The van der Waals surface area contributed by atoms with Crippen LogP contribution in [0.15, 0.2) is 60.9 Å². The number of nitrogens with one attached hydrogen (secondary N) is 2. The number of rotatable bonds is 6. The first-order valence-corrected chi connectivity index (χ1v) is 10.3. The van der Waals surface area contributed by atoms with E-state index in [-0.39, 0.29) is 28.8 Å². The zero-order chi connectivity index (χ0) is 24.5. The minimum Gasteiger partial charge on any atom is -0.508 e. The number of phenols is 1. The lowest BCUT2D eigenvalue weighted by Gasteiger charge is -2.19. The number of benzene rings is 2. The summed E-state index contributed by atoms with van der Waals surface area (Å²) in [5.41, 5.74) is 10.4. The largest absolute Gasteiger partial charge is 0.573 e. The van der Waals surface area contributed by atoms with Crippen LogP contribution < -0.4 is 15.8 Å². The number of hydrogen-bond donors (Lipinski definition) is 4. The fraction of sp³-hybridized carbons (Fsp3) is 0.167. The Morgan fingerprint density at radius 1 is 1.06 bits per heavy atom. The van der Waals surface area contributed by atoms with Gasteiger partial charge in [-0.05, 0) is 43.2 Å². The summed E-state index contributed by atoms with van der Waals surface area (Å²) in [7, 11) is 0. The molecule has 0 saturated heterocycles. The first-order chi connectivity index (χ1) is 16.1. The molecule has 34 heavy (non-hydrogen) atoms. The number of halogens is 3. The number of alkyl halides is 3. The number of hydrogen-bond acceptors (Lipinski definition) is 6. The lowest BCUT2D eigenvalue weighted by molar-refractivity contribution is -0.274. The summed E-state index contributed by atoms with van der Waals surface area (Å²) >= 11 is 0. The van der Waals surface area contributed by atoms with E-state index in [0.29, 0.717) is 0 Å². The summed E-state index contributed by atoms with van der Waals surface area (Å²) in [5.74, 6) is -0.699. The van der Waals surface area contributed by atoms with E-state index in [1.54, 1.807) is 0 Å². The lowest BCUT2D eigenvalue weighted by atomic mass is 10.0. The fourth-order valence-corrected chi connectivity index (χ4v) is 3.80. The van der Waals surface area contributed by atoms with Crippen molar-refractivity contribution in [3.05, 3.63) is 72.3 Å². The number of phenolic OH excluding ortho intramolecular Hbond substituents is 1. The second-order valence-electron chi connectivity index (χ2n) is 7.76. The maximum absolute atomic E-state index is 12.7. The standard InChI is InChI=1S/C24H22F3N5O2/c1-13-8-19(15-6-4-3-5-7-15)21(31-13)14(2)32-23-20(22(28)29-12-30-23)16-9-17(33)11-18(10-16)34-24(25,26)27/h3-12,14,31,33H,1-2H3,(H3,28,29,30,32)/t14-/m0/s1. The molecule has 0 unspecified atom stereocenters. The van der Waals surface area contributed by atoms with Crippen molar-refractivity contribution in [2.75, 3.05) is 11.1 Å². The van der Waals surface area contributed by atoms with Crippen LogP contribution in [0.2, 0.25) is 0 Å². The summed E-state index contributed by atoms with van der Waals surface area (Å²) in [5, 5.41) is 13.3. The van der Waals surface area contributed by atoms with Gasteiger partial charge in [0.1, 0.15) is 29.5 Å². The van der Waals surface area contributed by atoms with E-state index in [4.69, 9.17) is 5.73 Å². The van der Waals surface area contributed by atoms with Crippen molar-refractivity contribution >= 4 is 11.6 Å². The number of aromatic amines is 1. The van der Waals surface area contributed by atoms with Crippen molar-refractivity contribution in [1.29, 1.82) is 0 Å². The molecule has 0 spiro atoms. The molecule has 7 nitrogen and oxygen atoms in total. The van der Waals surface area contributed by atoms with Gasteiger partial charge in [-0.3, -0.25) is 0 Å². The molecule has 176 valence electrons. The number of aromatic hydroxyl groups is 1. The van der Waals surface area contributed by atoms with Crippen LogP contribution in [0.4, 0.5) is 24.8 Å². The number of aryl methyl sites for hydroxylation is 1. The second kappa shape index (κ2) is 8.97. The number of nitrogens with two attached hydrogens (primary N) is 1. The van der Waals surface area contributed by atoms with Gasteiger partial charge in [-0.15, -0.1) is 13.2 Å². The molecule has 2 aromatic heterocycles. The average Bonchev–Trinajstić information content (AvgIpc) is 3.15. The number of anilines is 2. The van der Waals surface area contributed by atoms with Crippen molar-refractivity contribution in [3.8, 4) is 33.8 Å². The molecule has 10 heteroatoms. The third-order valence-corrected chi connectivity index (χ3v) is 5.14. The zero-order valence-electron chi connectivity index (χ0n) is 18.3. The Kier molecular flexibility index (Phi) is 6.06. The quantitative estimate of drug-likeness (QED) is 0.284. The summed E-state index contributed by atoms with van der Waals surface area (Å²) in [6.07, 6.45) is -3.67. The Balaban J connectivity index is 1.72. The molecule has 4 aromatic rings. The van der Waals surface area contributed by atoms with Gasteiger partial charge in [0.2, 0.25) is 0 Å². The highest BCUT2D eigenvalue weighted by Crippen LogP contribution is 2.39. The highest BCUT2D eigenvalue weighted by atomic mass is 19.4. The summed E-state index contributed by atoms with van der Waals surface area (Å²) in [6.45, 7) is 3.87. The van der Waals surface area contributed by atoms with Gasteiger partial charge in [0.15, 0.2) is 0 Å². The maximum Gasteiger partial charge on any atom is 0.573 e. The number of ether oxygens (including phenoxy) is 1. The predicted octanol–water partition coefficient (Wildman–Crippen LogP) is 5.81. The molecule has 5 N–H and O–H groups in total. The van der Waals surface area contributed by atoms with Crippen molar-refractivity contribution in [3.63, 3.8) is 0 Å². The van der Waals surface area contributed by atoms with Crippen molar-refractivity contribution in [1.82, 2.24) is 15.0 Å². The van der Waals surface area contributed by atoms with Crippen LogP contribution in [0.1, 0.15) is 24.4 Å². The minimum absolute atomic E-state index is 0.0270. The van der Waals surface area contributed by atoms with Crippen molar-refractivity contribution in [2.45, 2.75) is 26.3 Å². The van der Waals surface area contributed by atoms with Crippen LogP contribution >= 0.6 is 0 Å². The molecule has 0 aliphatic carbocycles. The predicted molar refractivity (Wildman–Crippen MR) is 123 cm³/mol. The maximum atomic E-state index is 12.7. The SMILES string of the molecule is Cc1cc(-c2ccccc2)c([C@H](C)Nc2ncnc(N)c2-c2cc(O)cc(OC(F)(F)F)c2)[nH]1. The van der Waals surface area contributed by atoms with Crippen LogP contribution in [0, 0.1) is 6.92 Å². The third kappa shape index (κ3) is 5.06. The number of nitrogens with zero attached hydrogens (tertiary/aromatic N) is 2. The van der Waals surface area contributed by atoms with Gasteiger partial charge in [-0.2, -0.15) is 0 Å². The molecular formula is C24H22F3N5O2. The zero-order valence-corrected chi connectivity index (χ0v) is 18.3. The first kappa shape index (κ1) is 23.0. The molecule has 2 heterocycles. The number of H-pyrrole nitrogens is 1. The Hall–Kier alpha value is -4.21. The molecule has 1 atom stereocenters. The van der Waals surface area contributed by atoms with Crippen LogP contribution in [-0.2, 0) is 0 Å². The molecule has 0 bridgehead atoms. The Labute approximate surface area is 193 Å². The molecule has 2 aromatic carbocycles. The van der Waals surface area contributed by atoms with Gasteiger partial charge < -0.3 is 25.9 Å². The molecule has 0 saturated carbocycles. The third-order valence-electron chi connectivity index (χ3n) is 5.14. The van der Waals surface area contributed by atoms with E-state index in [1.807, 2.05) is 50.2 Å². The first-order valence-electron chi connectivity index (χ1n) is 10.3. The summed E-state index contributed by atoms with van der Waals surface area (Å²) in [4.78, 5) is 11.6. The van der Waals surface area contributed by atoms with Gasteiger partial charge in [0.05, 0.1) is 11.6 Å². The van der Waals surface area contributed by atoms with Crippen LogP contribution in [0.25, 0.3) is 22.3 Å². The minimum atomic E-state index is -4.92. The highest BCUT2D eigenvalue weighted by molar-refractivity contribution is 5.85. The smallest absolute Gasteiger partial charge is 0.508 e. The number of aromatic nitrogens is 3. The van der Waals surface area contributed by atoms with Gasteiger partial charge in [-0.1, -0.05) is 30.3 Å². The van der Waals surface area contributed by atoms with E-state index < -0.39 is 17.9 Å². The molecule has 0 radical (unpaired) electrons. The topological polar surface area (TPSA) is 109 Å². The van der Waals surface area contributed by atoms with Gasteiger partial charge in [0.25, 0.3) is 0 Å². The van der Waals surface area contributed by atoms with Crippen molar-refractivity contribution in [2.24, 2.45) is 0 Å². The molecule has 0 fully saturated rings. The lowest BCUT2D eigenvalue weighted by Crippen LogP contribution is -2.17. The van der Waals surface area contributed by atoms with E-state index in [2.05, 4.69) is 25.0 Å². The van der Waals surface area contributed by atoms with E-state index in [0.717, 1.165) is 34.6 Å². The van der Waals surface area contributed by atoms with Gasteiger partial charge >= 0.3 is 6.36 Å². The highest BCUT2D eigenvalue weighted by Gasteiger charge is 2.31. The van der Waals surface area contributed by atoms with E-state index in [1.165, 1.54) is 12.4 Å². The van der Waals surface area contributed by atoms with E-state index in [9.17, 15) is 18.3 Å². The Morgan fingerprint density at radius 3 is 2.50 bits per heavy atom. The molecule has 0 amide bonds. The van der Waals surface area contributed by atoms with Gasteiger partial charge in [-0.25, -0.2) is 9.97 Å². The molecule has 4 rings (SSSR count). The molecular weight excluding hydrogens is 447 g/mol. The van der Waals surface area contributed by atoms with Gasteiger partial charge in [0, 0.05) is 23.0 Å². The van der Waals surface area contributed by atoms with E-state index >= 15 is 0 Å². The van der Waals surface area contributed by atoms with Crippen LogP contribution in [-0.4, -0.2) is 26.4 Å². The van der Waals surface area contributed by atoms with Crippen LogP contribution in [0.3, 0.4) is 0 Å². The van der Waals surface area contributed by atoms with Crippen molar-refractivity contribution < 1.29 is 23.0 Å². The summed E-state index contributed by atoms with van der Waals surface area (Å²) < 4.78 is 42.2. The monoisotopic (exact) mass is 469 g/mol. The summed E-state index contributed by atoms with van der Waals surface area (Å²) in [6, 6.07) is 14.8. The molecule has 0 aliphatic rings. The normalized spacial score (nSPS) is 12.4.